The number of carbonyl (C=O) groups excluding carboxylic acids is 1. The van der Waals surface area contributed by atoms with E-state index >= 15 is 0 Å². The Morgan fingerprint density at radius 1 is 0.958 bits per heavy atom. The van der Waals surface area contributed by atoms with Gasteiger partial charge in [0.15, 0.2) is 0 Å². The molecule has 0 saturated carbocycles. The minimum absolute atomic E-state index is 0.139. The quantitative estimate of drug-likeness (QED) is 0.886. The lowest BCUT2D eigenvalue weighted by Crippen LogP contribution is -2.38. The number of fused-ring (bicyclic) bond motifs is 1. The first kappa shape index (κ1) is 17.4. The molecule has 0 spiro atoms. The number of likely N-dealkylation sites (tertiary alicyclic amines) is 1. The number of hydrogen-bond donors (Lipinski definition) is 1. The Hall–Kier alpha value is -1.40. The van der Waals surface area contributed by atoms with Gasteiger partial charge in [-0.3, -0.25) is 4.79 Å². The molecule has 24 heavy (non-hydrogen) atoms. The van der Waals surface area contributed by atoms with E-state index in [2.05, 4.69) is 4.72 Å². The number of benzene rings is 1. The van der Waals surface area contributed by atoms with Gasteiger partial charge in [0.05, 0.1) is 4.90 Å². The first-order valence-electron chi connectivity index (χ1n) is 8.95. The molecular formula is C18H26N2O3S. The fourth-order valence-electron chi connectivity index (χ4n) is 3.55. The van der Waals surface area contributed by atoms with Gasteiger partial charge in [-0.05, 0) is 61.8 Å². The van der Waals surface area contributed by atoms with Crippen molar-refractivity contribution in [2.75, 3.05) is 19.6 Å². The number of amides is 1. The van der Waals surface area contributed by atoms with Crippen LogP contribution in [0.5, 0.6) is 0 Å². The van der Waals surface area contributed by atoms with Gasteiger partial charge in [0.1, 0.15) is 0 Å². The number of nitrogens with zero attached hydrogens (tertiary/aromatic N) is 1. The van der Waals surface area contributed by atoms with Crippen LogP contribution in [0.2, 0.25) is 0 Å². The first-order chi connectivity index (χ1) is 11.6. The molecule has 1 fully saturated rings. The monoisotopic (exact) mass is 350 g/mol. The molecule has 5 nitrogen and oxygen atoms in total. The van der Waals surface area contributed by atoms with E-state index in [4.69, 9.17) is 0 Å². The third-order valence-corrected chi connectivity index (χ3v) is 6.43. The van der Waals surface area contributed by atoms with Crippen molar-refractivity contribution < 1.29 is 13.2 Å². The van der Waals surface area contributed by atoms with Gasteiger partial charge in [-0.2, -0.15) is 0 Å². The van der Waals surface area contributed by atoms with Gasteiger partial charge < -0.3 is 4.90 Å². The Bertz CT molecular complexity index is 700. The van der Waals surface area contributed by atoms with Crippen LogP contribution in [-0.4, -0.2) is 38.9 Å². The normalized spacial score (nSPS) is 19.0. The lowest BCUT2D eigenvalue weighted by Gasteiger charge is -2.21. The van der Waals surface area contributed by atoms with Crippen molar-refractivity contribution in [3.8, 4) is 0 Å². The van der Waals surface area contributed by atoms with Gasteiger partial charge in [-0.25, -0.2) is 13.1 Å². The molecule has 3 rings (SSSR count). The number of aryl methyl sites for hydroxylation is 2. The van der Waals surface area contributed by atoms with Gasteiger partial charge in [0.2, 0.25) is 15.9 Å². The van der Waals surface area contributed by atoms with Crippen molar-refractivity contribution in [3.63, 3.8) is 0 Å². The highest BCUT2D eigenvalue weighted by Gasteiger charge is 2.20. The highest BCUT2D eigenvalue weighted by molar-refractivity contribution is 7.89. The van der Waals surface area contributed by atoms with Crippen molar-refractivity contribution in [3.05, 3.63) is 29.3 Å². The van der Waals surface area contributed by atoms with E-state index < -0.39 is 10.0 Å². The third kappa shape index (κ3) is 4.16. The fraction of sp³-hybridized carbons (Fsp3) is 0.611. The molecule has 0 atom stereocenters. The van der Waals surface area contributed by atoms with Crippen LogP contribution in [0.1, 0.15) is 49.7 Å². The standard InChI is InChI=1S/C18H26N2O3S/c21-18-8-2-1-5-12-20(18)13-11-19-24(22,23)17-10-9-15-6-3-4-7-16(15)14-17/h9-10,14,19H,1-8,11-13H2. The molecule has 0 bridgehead atoms. The summed E-state index contributed by atoms with van der Waals surface area (Å²) in [7, 11) is -3.51. The molecule has 1 N–H and O–H groups in total. The fourth-order valence-corrected chi connectivity index (χ4v) is 4.62. The van der Waals surface area contributed by atoms with Crippen LogP contribution in [0.25, 0.3) is 0 Å². The molecule has 1 aromatic rings. The average Bonchev–Trinajstić information content (AvgIpc) is 2.79. The summed E-state index contributed by atoms with van der Waals surface area (Å²) in [6, 6.07) is 5.46. The third-order valence-electron chi connectivity index (χ3n) is 4.98. The lowest BCUT2D eigenvalue weighted by atomic mass is 9.92. The molecule has 6 heteroatoms. The first-order valence-corrected chi connectivity index (χ1v) is 10.4. The molecule has 1 amide bonds. The van der Waals surface area contributed by atoms with Crippen LogP contribution in [0.15, 0.2) is 23.1 Å². The Kier molecular flexibility index (Phi) is 5.56. The van der Waals surface area contributed by atoms with Crippen LogP contribution in [0, 0.1) is 0 Å². The highest BCUT2D eigenvalue weighted by atomic mass is 32.2. The molecular weight excluding hydrogens is 324 g/mol. The molecule has 132 valence electrons. The van der Waals surface area contributed by atoms with Crippen LogP contribution in [0.3, 0.4) is 0 Å². The topological polar surface area (TPSA) is 66.5 Å². The summed E-state index contributed by atoms with van der Waals surface area (Å²) >= 11 is 0. The largest absolute Gasteiger partial charge is 0.341 e. The minimum atomic E-state index is -3.51. The predicted octanol–water partition coefficient (Wildman–Crippen LogP) is 2.25. The number of sulfonamides is 1. The van der Waals surface area contributed by atoms with Crippen molar-refractivity contribution in [2.24, 2.45) is 0 Å². The summed E-state index contributed by atoms with van der Waals surface area (Å²) in [5.74, 6) is 0.139. The maximum absolute atomic E-state index is 12.5. The number of nitrogens with one attached hydrogen (secondary N) is 1. The molecule has 0 aromatic heterocycles. The summed E-state index contributed by atoms with van der Waals surface area (Å²) in [6.45, 7) is 1.45. The smallest absolute Gasteiger partial charge is 0.240 e. The van der Waals surface area contributed by atoms with Crippen LogP contribution < -0.4 is 4.72 Å². The van der Waals surface area contributed by atoms with Crippen LogP contribution in [0.4, 0.5) is 0 Å². The zero-order chi connectivity index (χ0) is 17.0. The van der Waals surface area contributed by atoms with Gasteiger partial charge in [-0.15, -0.1) is 0 Å². The Labute approximate surface area is 144 Å². The summed E-state index contributed by atoms with van der Waals surface area (Å²) in [5, 5.41) is 0. The summed E-state index contributed by atoms with van der Waals surface area (Å²) in [4.78, 5) is 14.1. The maximum Gasteiger partial charge on any atom is 0.240 e. The number of hydrogen-bond acceptors (Lipinski definition) is 3. The zero-order valence-electron chi connectivity index (χ0n) is 14.1. The molecule has 1 aliphatic carbocycles. The molecule has 0 unspecified atom stereocenters. The SMILES string of the molecule is O=C1CCCCCN1CCNS(=O)(=O)c1ccc2c(c1)CCCC2. The molecule has 1 aliphatic heterocycles. The zero-order valence-corrected chi connectivity index (χ0v) is 14.9. The molecule has 0 radical (unpaired) electrons. The van der Waals surface area contributed by atoms with Crippen molar-refractivity contribution in [2.45, 2.75) is 56.3 Å². The van der Waals surface area contributed by atoms with Gasteiger partial charge in [0.25, 0.3) is 0 Å². The van der Waals surface area contributed by atoms with Gasteiger partial charge in [0, 0.05) is 26.1 Å². The molecule has 1 heterocycles. The minimum Gasteiger partial charge on any atom is -0.341 e. The van der Waals surface area contributed by atoms with Crippen molar-refractivity contribution in [1.29, 1.82) is 0 Å². The average molecular weight is 350 g/mol. The van der Waals surface area contributed by atoms with Crippen molar-refractivity contribution in [1.82, 2.24) is 9.62 Å². The second kappa shape index (κ2) is 7.66. The van der Waals surface area contributed by atoms with E-state index in [9.17, 15) is 13.2 Å². The predicted molar refractivity (Wildman–Crippen MR) is 93.3 cm³/mol. The summed E-state index contributed by atoms with van der Waals surface area (Å²) in [5.41, 5.74) is 2.43. The maximum atomic E-state index is 12.5. The van der Waals surface area contributed by atoms with Crippen LogP contribution in [-0.2, 0) is 27.7 Å². The number of rotatable bonds is 5. The van der Waals surface area contributed by atoms with E-state index in [0.717, 1.165) is 50.6 Å². The van der Waals surface area contributed by atoms with E-state index in [1.807, 2.05) is 12.1 Å². The summed E-state index contributed by atoms with van der Waals surface area (Å²) in [6.07, 6.45) is 7.91. The second-order valence-corrected chi connectivity index (χ2v) is 8.49. The molecule has 1 aromatic carbocycles. The van der Waals surface area contributed by atoms with Gasteiger partial charge in [-0.1, -0.05) is 12.5 Å². The Morgan fingerprint density at radius 2 is 1.71 bits per heavy atom. The number of carbonyl (C=O) groups is 1. The molecule has 1 saturated heterocycles. The van der Waals surface area contributed by atoms with E-state index in [1.54, 1.807) is 11.0 Å². The van der Waals surface area contributed by atoms with Crippen LogP contribution >= 0.6 is 0 Å². The highest BCUT2D eigenvalue weighted by Crippen LogP contribution is 2.24. The Balaban J connectivity index is 1.60. The lowest BCUT2D eigenvalue weighted by molar-refractivity contribution is -0.130. The second-order valence-electron chi connectivity index (χ2n) is 6.73. The van der Waals surface area contributed by atoms with Gasteiger partial charge >= 0.3 is 0 Å². The van der Waals surface area contributed by atoms with E-state index in [1.165, 1.54) is 12.0 Å². The Morgan fingerprint density at radius 3 is 2.54 bits per heavy atom. The van der Waals surface area contributed by atoms with Crippen molar-refractivity contribution >= 4 is 15.9 Å². The molecule has 2 aliphatic rings. The van der Waals surface area contributed by atoms with E-state index in [0.29, 0.717) is 17.9 Å². The summed E-state index contributed by atoms with van der Waals surface area (Å²) < 4.78 is 27.6. The van der Waals surface area contributed by atoms with E-state index in [-0.39, 0.29) is 12.5 Å².